The van der Waals surface area contributed by atoms with Gasteiger partial charge in [0.05, 0.1) is 0 Å². The van der Waals surface area contributed by atoms with Crippen LogP contribution in [0, 0.1) is 11.8 Å². The van der Waals surface area contributed by atoms with E-state index < -0.39 is 0 Å². The Morgan fingerprint density at radius 1 is 1.00 bits per heavy atom. The van der Waals surface area contributed by atoms with Crippen LogP contribution in [0.5, 0.6) is 0 Å². The van der Waals surface area contributed by atoms with Gasteiger partial charge in [0.1, 0.15) is 0 Å². The molecule has 84 valence electrons. The molecule has 1 fully saturated rings. The average molecular weight is 198 g/mol. The van der Waals surface area contributed by atoms with Crippen molar-refractivity contribution in [2.45, 2.75) is 39.5 Å². The molecule has 0 atom stereocenters. The van der Waals surface area contributed by atoms with Crippen LogP contribution in [-0.4, -0.2) is 26.2 Å². The zero-order valence-electron chi connectivity index (χ0n) is 9.81. The van der Waals surface area contributed by atoms with Crippen LogP contribution >= 0.6 is 0 Å². The summed E-state index contributed by atoms with van der Waals surface area (Å²) < 4.78 is 0. The highest BCUT2D eigenvalue weighted by atomic mass is 14.9. The van der Waals surface area contributed by atoms with E-state index in [1.54, 1.807) is 0 Å². The third-order valence-electron chi connectivity index (χ3n) is 3.30. The minimum Gasteiger partial charge on any atom is -0.316 e. The Morgan fingerprint density at radius 3 is 2.29 bits per heavy atom. The van der Waals surface area contributed by atoms with Gasteiger partial charge in [0.2, 0.25) is 0 Å². The fourth-order valence-electron chi connectivity index (χ4n) is 2.19. The minimum absolute atomic E-state index is 0.952. The molecule has 1 rings (SSSR count). The molecular formula is C12H26N2. The Morgan fingerprint density at radius 2 is 1.64 bits per heavy atom. The lowest BCUT2D eigenvalue weighted by atomic mass is 9.83. The Bertz CT molecular complexity index is 128. The third-order valence-corrected chi connectivity index (χ3v) is 3.30. The fraction of sp³-hybridized carbons (Fsp3) is 1.00. The van der Waals surface area contributed by atoms with Crippen LogP contribution in [0.2, 0.25) is 0 Å². The summed E-state index contributed by atoms with van der Waals surface area (Å²) in [6, 6.07) is 0. The standard InChI is InChI=1S/C12H26N2/c1-3-13-8-9-14-10-12-6-4-11(2)5-7-12/h11-14H,3-10H2,1-2H3. The predicted octanol–water partition coefficient (Wildman–Crippen LogP) is 2.01. The molecule has 0 radical (unpaired) electrons. The fourth-order valence-corrected chi connectivity index (χ4v) is 2.19. The maximum atomic E-state index is 3.54. The first kappa shape index (κ1) is 12.0. The summed E-state index contributed by atoms with van der Waals surface area (Å²) in [5, 5.41) is 6.87. The highest BCUT2D eigenvalue weighted by Gasteiger charge is 2.17. The van der Waals surface area contributed by atoms with Crippen LogP contribution < -0.4 is 10.6 Å². The number of hydrogen-bond donors (Lipinski definition) is 2. The van der Waals surface area contributed by atoms with E-state index in [2.05, 4.69) is 24.5 Å². The van der Waals surface area contributed by atoms with Crippen molar-refractivity contribution in [2.24, 2.45) is 11.8 Å². The molecule has 14 heavy (non-hydrogen) atoms. The lowest BCUT2D eigenvalue weighted by molar-refractivity contribution is 0.282. The molecular weight excluding hydrogens is 172 g/mol. The van der Waals surface area contributed by atoms with E-state index in [4.69, 9.17) is 0 Å². The number of likely N-dealkylation sites (N-methyl/N-ethyl adjacent to an activating group) is 1. The summed E-state index contributed by atoms with van der Waals surface area (Å²) >= 11 is 0. The van der Waals surface area contributed by atoms with E-state index in [0.29, 0.717) is 0 Å². The van der Waals surface area contributed by atoms with Gasteiger partial charge in [0.25, 0.3) is 0 Å². The van der Waals surface area contributed by atoms with Crippen molar-refractivity contribution in [3.05, 3.63) is 0 Å². The molecule has 0 spiro atoms. The molecule has 2 nitrogen and oxygen atoms in total. The van der Waals surface area contributed by atoms with Crippen molar-refractivity contribution in [1.29, 1.82) is 0 Å². The molecule has 0 aromatic carbocycles. The van der Waals surface area contributed by atoms with Gasteiger partial charge in [0, 0.05) is 13.1 Å². The summed E-state index contributed by atoms with van der Waals surface area (Å²) in [7, 11) is 0. The highest BCUT2D eigenvalue weighted by Crippen LogP contribution is 2.27. The Balaban J connectivity index is 1.91. The minimum atomic E-state index is 0.952. The molecule has 0 aromatic rings. The summed E-state index contributed by atoms with van der Waals surface area (Å²) in [4.78, 5) is 0. The van der Waals surface area contributed by atoms with Gasteiger partial charge in [-0.1, -0.05) is 26.7 Å². The van der Waals surface area contributed by atoms with Gasteiger partial charge in [-0.15, -0.1) is 0 Å². The van der Waals surface area contributed by atoms with Gasteiger partial charge in [0.15, 0.2) is 0 Å². The largest absolute Gasteiger partial charge is 0.316 e. The van der Waals surface area contributed by atoms with Crippen molar-refractivity contribution in [3.8, 4) is 0 Å². The molecule has 2 N–H and O–H groups in total. The monoisotopic (exact) mass is 198 g/mol. The topological polar surface area (TPSA) is 24.1 Å². The van der Waals surface area contributed by atoms with Gasteiger partial charge in [-0.3, -0.25) is 0 Å². The second-order valence-corrected chi connectivity index (χ2v) is 4.68. The first-order chi connectivity index (χ1) is 6.83. The second-order valence-electron chi connectivity index (χ2n) is 4.68. The van der Waals surface area contributed by atoms with Crippen LogP contribution in [0.3, 0.4) is 0 Å². The number of hydrogen-bond acceptors (Lipinski definition) is 2. The molecule has 0 amide bonds. The van der Waals surface area contributed by atoms with Crippen LogP contribution in [0.25, 0.3) is 0 Å². The lowest BCUT2D eigenvalue weighted by Crippen LogP contribution is -2.31. The SMILES string of the molecule is CCNCCNCC1CCC(C)CC1. The molecule has 1 aliphatic rings. The summed E-state index contributed by atoms with van der Waals surface area (Å²) in [6.45, 7) is 9.09. The smallest absolute Gasteiger partial charge is 0.00768 e. The first-order valence-electron chi connectivity index (χ1n) is 6.24. The van der Waals surface area contributed by atoms with Crippen molar-refractivity contribution in [1.82, 2.24) is 10.6 Å². The number of rotatable bonds is 6. The molecule has 0 heterocycles. The molecule has 2 heteroatoms. The van der Waals surface area contributed by atoms with Crippen molar-refractivity contribution in [3.63, 3.8) is 0 Å². The molecule has 0 aromatic heterocycles. The molecule has 1 saturated carbocycles. The van der Waals surface area contributed by atoms with E-state index in [0.717, 1.165) is 31.5 Å². The maximum Gasteiger partial charge on any atom is 0.00768 e. The average Bonchev–Trinajstić information content (AvgIpc) is 2.21. The van der Waals surface area contributed by atoms with Crippen LogP contribution in [0.4, 0.5) is 0 Å². The molecule has 0 unspecified atom stereocenters. The molecule has 0 bridgehead atoms. The van der Waals surface area contributed by atoms with Gasteiger partial charge in [-0.25, -0.2) is 0 Å². The Kier molecular flexibility index (Phi) is 6.20. The maximum absolute atomic E-state index is 3.54. The van der Waals surface area contributed by atoms with Crippen LogP contribution in [0.15, 0.2) is 0 Å². The third kappa shape index (κ3) is 4.97. The summed E-state index contributed by atoms with van der Waals surface area (Å²) in [5.74, 6) is 1.93. The van der Waals surface area contributed by atoms with Crippen LogP contribution in [0.1, 0.15) is 39.5 Å². The van der Waals surface area contributed by atoms with E-state index in [9.17, 15) is 0 Å². The van der Waals surface area contributed by atoms with E-state index >= 15 is 0 Å². The van der Waals surface area contributed by atoms with Crippen molar-refractivity contribution >= 4 is 0 Å². The van der Waals surface area contributed by atoms with Gasteiger partial charge in [-0.05, 0) is 37.8 Å². The van der Waals surface area contributed by atoms with Gasteiger partial charge >= 0.3 is 0 Å². The van der Waals surface area contributed by atoms with E-state index in [1.165, 1.54) is 32.2 Å². The van der Waals surface area contributed by atoms with Gasteiger partial charge < -0.3 is 10.6 Å². The normalized spacial score (nSPS) is 27.9. The summed E-state index contributed by atoms with van der Waals surface area (Å²) in [6.07, 6.45) is 5.77. The van der Waals surface area contributed by atoms with Crippen LogP contribution in [-0.2, 0) is 0 Å². The quantitative estimate of drug-likeness (QED) is 0.638. The predicted molar refractivity (Wildman–Crippen MR) is 62.5 cm³/mol. The van der Waals surface area contributed by atoms with Crippen molar-refractivity contribution in [2.75, 3.05) is 26.2 Å². The number of nitrogens with one attached hydrogen (secondary N) is 2. The second kappa shape index (κ2) is 7.24. The van der Waals surface area contributed by atoms with Crippen molar-refractivity contribution < 1.29 is 0 Å². The Hall–Kier alpha value is -0.0800. The van der Waals surface area contributed by atoms with E-state index in [1.807, 2.05) is 0 Å². The zero-order valence-corrected chi connectivity index (χ0v) is 9.81. The lowest BCUT2D eigenvalue weighted by Gasteiger charge is -2.26. The molecule has 0 aliphatic heterocycles. The van der Waals surface area contributed by atoms with E-state index in [-0.39, 0.29) is 0 Å². The highest BCUT2D eigenvalue weighted by molar-refractivity contribution is 4.71. The molecule has 1 aliphatic carbocycles. The zero-order chi connectivity index (χ0) is 10.2. The molecule has 0 saturated heterocycles. The van der Waals surface area contributed by atoms with Gasteiger partial charge in [-0.2, -0.15) is 0 Å². The first-order valence-corrected chi connectivity index (χ1v) is 6.24. The Labute approximate surface area is 88.8 Å². The summed E-state index contributed by atoms with van der Waals surface area (Å²) in [5.41, 5.74) is 0.